The van der Waals surface area contributed by atoms with Crippen LogP contribution in [0, 0.1) is 0 Å². The van der Waals surface area contributed by atoms with Gasteiger partial charge >= 0.3 is 0 Å². The van der Waals surface area contributed by atoms with Gasteiger partial charge in [0, 0.05) is 38.4 Å². The van der Waals surface area contributed by atoms with Gasteiger partial charge in [-0.25, -0.2) is 0 Å². The summed E-state index contributed by atoms with van der Waals surface area (Å²) in [5, 5.41) is 3.37. The molecule has 0 aromatic carbocycles. The minimum Gasteiger partial charge on any atom is -0.492 e. The Kier molecular flexibility index (Phi) is 4.34. The first kappa shape index (κ1) is 12.3. The number of rotatable bonds is 4. The maximum Gasteiger partial charge on any atom is 0.137 e. The molecule has 1 aliphatic rings. The van der Waals surface area contributed by atoms with Crippen LogP contribution in [0.2, 0.25) is 0 Å². The molecule has 2 heterocycles. The van der Waals surface area contributed by atoms with Crippen LogP contribution in [-0.4, -0.2) is 42.7 Å². The van der Waals surface area contributed by atoms with Gasteiger partial charge in [0.2, 0.25) is 0 Å². The smallest absolute Gasteiger partial charge is 0.137 e. The van der Waals surface area contributed by atoms with Gasteiger partial charge in [-0.15, -0.1) is 0 Å². The lowest BCUT2D eigenvalue weighted by atomic mass is 10.1. The molecule has 94 valence electrons. The zero-order valence-electron chi connectivity index (χ0n) is 10.6. The summed E-state index contributed by atoms with van der Waals surface area (Å²) in [4.78, 5) is 6.73. The maximum atomic E-state index is 5.49. The molecular weight excluding hydrogens is 214 g/mol. The van der Waals surface area contributed by atoms with E-state index in [1.54, 1.807) is 6.20 Å². The lowest BCUT2D eigenvalue weighted by Gasteiger charge is -2.32. The Morgan fingerprint density at radius 3 is 2.88 bits per heavy atom. The average Bonchev–Trinajstić information content (AvgIpc) is 2.40. The van der Waals surface area contributed by atoms with Crippen LogP contribution in [0.25, 0.3) is 0 Å². The number of nitrogens with one attached hydrogen (secondary N) is 1. The molecule has 0 saturated carbocycles. The highest BCUT2D eigenvalue weighted by Gasteiger charge is 2.18. The second-order valence-electron chi connectivity index (χ2n) is 4.35. The topological polar surface area (TPSA) is 37.4 Å². The van der Waals surface area contributed by atoms with Crippen molar-refractivity contribution in [2.75, 3.05) is 32.8 Å². The van der Waals surface area contributed by atoms with E-state index in [1.807, 2.05) is 13.1 Å². The highest BCUT2D eigenvalue weighted by Crippen LogP contribution is 2.22. The molecule has 0 bridgehead atoms. The van der Waals surface area contributed by atoms with Gasteiger partial charge in [0.15, 0.2) is 0 Å². The van der Waals surface area contributed by atoms with E-state index >= 15 is 0 Å². The number of pyridine rings is 1. The molecule has 1 aliphatic heterocycles. The van der Waals surface area contributed by atoms with Crippen molar-refractivity contribution < 1.29 is 4.74 Å². The van der Waals surface area contributed by atoms with E-state index in [4.69, 9.17) is 4.74 Å². The molecule has 0 amide bonds. The van der Waals surface area contributed by atoms with E-state index in [2.05, 4.69) is 28.2 Å². The first-order valence-corrected chi connectivity index (χ1v) is 6.33. The van der Waals surface area contributed by atoms with E-state index in [0.717, 1.165) is 31.9 Å². The predicted molar refractivity (Wildman–Crippen MR) is 68.3 cm³/mol. The van der Waals surface area contributed by atoms with Crippen molar-refractivity contribution in [1.29, 1.82) is 0 Å². The summed E-state index contributed by atoms with van der Waals surface area (Å²) in [7, 11) is 0. The van der Waals surface area contributed by atoms with Crippen LogP contribution in [0.5, 0.6) is 5.75 Å². The molecule has 1 aromatic rings. The van der Waals surface area contributed by atoms with Crippen molar-refractivity contribution in [2.45, 2.75) is 19.9 Å². The zero-order chi connectivity index (χ0) is 12.1. The Morgan fingerprint density at radius 2 is 2.18 bits per heavy atom. The zero-order valence-corrected chi connectivity index (χ0v) is 10.6. The van der Waals surface area contributed by atoms with Gasteiger partial charge in [0.05, 0.1) is 12.8 Å². The molecule has 1 saturated heterocycles. The third kappa shape index (κ3) is 3.17. The Labute approximate surface area is 103 Å². The van der Waals surface area contributed by atoms with Crippen LogP contribution >= 0.6 is 0 Å². The van der Waals surface area contributed by atoms with Crippen LogP contribution in [0.3, 0.4) is 0 Å². The van der Waals surface area contributed by atoms with E-state index in [1.165, 1.54) is 5.56 Å². The summed E-state index contributed by atoms with van der Waals surface area (Å²) in [6.07, 6.45) is 3.71. The summed E-state index contributed by atoms with van der Waals surface area (Å²) in [5.41, 5.74) is 1.23. The molecule has 4 heteroatoms. The van der Waals surface area contributed by atoms with Gasteiger partial charge in [-0.1, -0.05) is 0 Å². The molecule has 4 nitrogen and oxygen atoms in total. The van der Waals surface area contributed by atoms with E-state index in [-0.39, 0.29) is 0 Å². The Bertz CT molecular complexity index is 350. The SMILES string of the molecule is CCOc1cncc(C(C)N2CCNCC2)c1. The van der Waals surface area contributed by atoms with Crippen molar-refractivity contribution in [1.82, 2.24) is 15.2 Å². The molecule has 1 fully saturated rings. The number of piperazine rings is 1. The second-order valence-corrected chi connectivity index (χ2v) is 4.35. The minimum atomic E-state index is 0.407. The summed E-state index contributed by atoms with van der Waals surface area (Å²) >= 11 is 0. The summed E-state index contributed by atoms with van der Waals surface area (Å²) in [5.74, 6) is 0.868. The summed E-state index contributed by atoms with van der Waals surface area (Å²) < 4.78 is 5.49. The van der Waals surface area contributed by atoms with Crippen molar-refractivity contribution in [3.8, 4) is 5.75 Å². The molecule has 2 rings (SSSR count). The number of hydrogen-bond acceptors (Lipinski definition) is 4. The number of nitrogens with zero attached hydrogens (tertiary/aromatic N) is 2. The van der Waals surface area contributed by atoms with Crippen molar-refractivity contribution in [2.24, 2.45) is 0 Å². The lowest BCUT2D eigenvalue weighted by molar-refractivity contribution is 0.185. The monoisotopic (exact) mass is 235 g/mol. The largest absolute Gasteiger partial charge is 0.492 e. The fraction of sp³-hybridized carbons (Fsp3) is 0.615. The van der Waals surface area contributed by atoms with Gasteiger partial charge in [0.25, 0.3) is 0 Å². The Hall–Kier alpha value is -1.13. The van der Waals surface area contributed by atoms with E-state index in [9.17, 15) is 0 Å². The van der Waals surface area contributed by atoms with E-state index < -0.39 is 0 Å². The fourth-order valence-corrected chi connectivity index (χ4v) is 2.19. The summed E-state index contributed by atoms with van der Waals surface area (Å²) in [6, 6.07) is 2.51. The normalized spacial score (nSPS) is 18.9. The number of hydrogen-bond donors (Lipinski definition) is 1. The molecular formula is C13H21N3O. The molecule has 0 spiro atoms. The van der Waals surface area contributed by atoms with Crippen molar-refractivity contribution in [3.63, 3.8) is 0 Å². The van der Waals surface area contributed by atoms with Gasteiger partial charge in [-0.3, -0.25) is 9.88 Å². The Morgan fingerprint density at radius 1 is 1.41 bits per heavy atom. The van der Waals surface area contributed by atoms with Crippen LogP contribution in [0.15, 0.2) is 18.5 Å². The number of aromatic nitrogens is 1. The fourth-order valence-electron chi connectivity index (χ4n) is 2.19. The molecule has 17 heavy (non-hydrogen) atoms. The van der Waals surface area contributed by atoms with Crippen LogP contribution in [-0.2, 0) is 0 Å². The molecule has 1 N–H and O–H groups in total. The van der Waals surface area contributed by atoms with Gasteiger partial charge in [-0.05, 0) is 25.5 Å². The molecule has 1 aromatic heterocycles. The van der Waals surface area contributed by atoms with Crippen LogP contribution < -0.4 is 10.1 Å². The quantitative estimate of drug-likeness (QED) is 0.857. The molecule has 1 atom stereocenters. The van der Waals surface area contributed by atoms with Gasteiger partial charge in [0.1, 0.15) is 5.75 Å². The first-order valence-electron chi connectivity index (χ1n) is 6.33. The third-order valence-corrected chi connectivity index (χ3v) is 3.23. The van der Waals surface area contributed by atoms with Crippen molar-refractivity contribution >= 4 is 0 Å². The summed E-state index contributed by atoms with van der Waals surface area (Å²) in [6.45, 7) is 9.25. The first-order chi connectivity index (χ1) is 8.31. The highest BCUT2D eigenvalue weighted by molar-refractivity contribution is 5.25. The molecule has 0 aliphatic carbocycles. The Balaban J connectivity index is 2.06. The van der Waals surface area contributed by atoms with Gasteiger partial charge < -0.3 is 10.1 Å². The third-order valence-electron chi connectivity index (χ3n) is 3.23. The predicted octanol–water partition coefficient (Wildman–Crippen LogP) is 1.45. The standard InChI is InChI=1S/C13H21N3O/c1-3-17-13-8-12(9-15-10-13)11(2)16-6-4-14-5-7-16/h8-11,14H,3-7H2,1-2H3. The minimum absolute atomic E-state index is 0.407. The number of ether oxygens (including phenoxy) is 1. The second kappa shape index (κ2) is 5.98. The van der Waals surface area contributed by atoms with E-state index in [0.29, 0.717) is 12.6 Å². The average molecular weight is 235 g/mol. The highest BCUT2D eigenvalue weighted by atomic mass is 16.5. The van der Waals surface area contributed by atoms with Gasteiger partial charge in [-0.2, -0.15) is 0 Å². The maximum absolute atomic E-state index is 5.49. The van der Waals surface area contributed by atoms with Crippen LogP contribution in [0.1, 0.15) is 25.5 Å². The lowest BCUT2D eigenvalue weighted by Crippen LogP contribution is -2.44. The van der Waals surface area contributed by atoms with Crippen LogP contribution in [0.4, 0.5) is 0 Å². The molecule has 0 radical (unpaired) electrons. The molecule has 1 unspecified atom stereocenters. The van der Waals surface area contributed by atoms with Crippen molar-refractivity contribution in [3.05, 3.63) is 24.0 Å².